The predicted octanol–water partition coefficient (Wildman–Crippen LogP) is 5.51. The molecule has 1 saturated heterocycles. The highest BCUT2D eigenvalue weighted by Crippen LogP contribution is 2.39. The molecule has 0 saturated carbocycles. The Bertz CT molecular complexity index is 1140. The summed E-state index contributed by atoms with van der Waals surface area (Å²) in [5.74, 6) is 0. The van der Waals surface area contributed by atoms with E-state index in [1.54, 1.807) is 0 Å². The van der Waals surface area contributed by atoms with E-state index in [0.717, 1.165) is 5.46 Å². The fourth-order valence-electron chi connectivity index (χ4n) is 3.69. The number of rotatable bonds is 1. The van der Waals surface area contributed by atoms with Gasteiger partial charge in [0.15, 0.2) is 0 Å². The number of hydrogen-bond donors (Lipinski definition) is 0. The first-order valence-corrected chi connectivity index (χ1v) is 9.87. The summed E-state index contributed by atoms with van der Waals surface area (Å²) in [6, 6.07) is 19.7. The number of hydrogen-bond acceptors (Lipinski definition) is 3. The molecule has 3 aromatic carbocycles. The van der Waals surface area contributed by atoms with E-state index in [1.807, 2.05) is 11.3 Å². The summed E-state index contributed by atoms with van der Waals surface area (Å²) in [6.07, 6.45) is 0. The first-order valence-electron chi connectivity index (χ1n) is 9.05. The molecule has 2 heterocycles. The van der Waals surface area contributed by atoms with Crippen molar-refractivity contribution in [2.24, 2.45) is 0 Å². The average molecular weight is 360 g/mol. The van der Waals surface area contributed by atoms with Gasteiger partial charge in [0.1, 0.15) is 0 Å². The Balaban J connectivity index is 1.67. The molecule has 0 unspecified atom stereocenters. The van der Waals surface area contributed by atoms with Gasteiger partial charge in [-0.25, -0.2) is 0 Å². The molecule has 0 aliphatic carbocycles. The van der Waals surface area contributed by atoms with Crippen LogP contribution in [0.4, 0.5) is 0 Å². The third kappa shape index (κ3) is 2.26. The van der Waals surface area contributed by atoms with Gasteiger partial charge in [0.05, 0.1) is 11.2 Å². The van der Waals surface area contributed by atoms with Gasteiger partial charge in [-0.05, 0) is 56.1 Å². The van der Waals surface area contributed by atoms with Gasteiger partial charge >= 0.3 is 7.12 Å². The summed E-state index contributed by atoms with van der Waals surface area (Å²) >= 11 is 1.84. The highest BCUT2D eigenvalue weighted by Gasteiger charge is 2.51. The Hall–Kier alpha value is -1.88. The fourth-order valence-corrected chi connectivity index (χ4v) is 4.86. The molecule has 0 spiro atoms. The van der Waals surface area contributed by atoms with Crippen LogP contribution in [0.25, 0.3) is 30.9 Å². The molecule has 0 atom stereocenters. The number of benzene rings is 3. The fraction of sp³-hybridized carbons (Fsp3) is 0.273. The lowest BCUT2D eigenvalue weighted by atomic mass is 9.79. The maximum Gasteiger partial charge on any atom is 0.494 e. The van der Waals surface area contributed by atoms with Crippen LogP contribution in [-0.2, 0) is 9.31 Å². The standard InChI is InChI=1S/C22H21BO2S/c1-21(2)22(3,4)25-23(24-21)15-10-11-17-19(13-15)26-18-12-9-14-7-5-6-8-16(14)20(17)18/h5-13H,1-4H3. The first-order chi connectivity index (χ1) is 12.4. The van der Waals surface area contributed by atoms with Crippen molar-refractivity contribution in [1.82, 2.24) is 0 Å². The summed E-state index contributed by atoms with van der Waals surface area (Å²) < 4.78 is 15.1. The van der Waals surface area contributed by atoms with E-state index in [4.69, 9.17) is 9.31 Å². The summed E-state index contributed by atoms with van der Waals surface area (Å²) in [7, 11) is -0.314. The Kier molecular flexibility index (Phi) is 3.34. The third-order valence-corrected chi connectivity index (χ3v) is 7.03. The van der Waals surface area contributed by atoms with Gasteiger partial charge in [-0.15, -0.1) is 11.3 Å². The second-order valence-corrected chi connectivity index (χ2v) is 9.19. The Labute approximate surface area is 157 Å². The molecule has 1 aliphatic heterocycles. The van der Waals surface area contributed by atoms with Crippen LogP contribution in [0.1, 0.15) is 27.7 Å². The van der Waals surface area contributed by atoms with E-state index in [9.17, 15) is 0 Å². The minimum Gasteiger partial charge on any atom is -0.399 e. The lowest BCUT2D eigenvalue weighted by molar-refractivity contribution is 0.00578. The summed E-state index contributed by atoms with van der Waals surface area (Å²) in [5.41, 5.74) is 0.457. The molecule has 5 rings (SSSR count). The highest BCUT2D eigenvalue weighted by molar-refractivity contribution is 7.26. The van der Waals surface area contributed by atoms with Gasteiger partial charge in [-0.1, -0.05) is 42.5 Å². The lowest BCUT2D eigenvalue weighted by Gasteiger charge is -2.32. The quantitative estimate of drug-likeness (QED) is 0.417. The number of thiophene rings is 1. The maximum atomic E-state index is 6.23. The number of fused-ring (bicyclic) bond motifs is 5. The van der Waals surface area contributed by atoms with E-state index in [2.05, 4.69) is 82.3 Å². The molecule has 0 amide bonds. The second kappa shape index (κ2) is 5.32. The molecular formula is C22H21BO2S. The van der Waals surface area contributed by atoms with Crippen LogP contribution >= 0.6 is 11.3 Å². The van der Waals surface area contributed by atoms with Crippen molar-refractivity contribution < 1.29 is 9.31 Å². The SMILES string of the molecule is CC1(C)OB(c2ccc3c(c2)sc2ccc4ccccc4c23)OC1(C)C. The molecule has 1 fully saturated rings. The summed E-state index contributed by atoms with van der Waals surface area (Å²) in [6.45, 7) is 8.38. The Morgan fingerprint density at radius 2 is 1.50 bits per heavy atom. The molecule has 0 radical (unpaired) electrons. The molecule has 26 heavy (non-hydrogen) atoms. The van der Waals surface area contributed by atoms with E-state index in [1.165, 1.54) is 30.9 Å². The van der Waals surface area contributed by atoms with Crippen LogP contribution in [0.5, 0.6) is 0 Å². The zero-order valence-corrected chi connectivity index (χ0v) is 16.3. The zero-order valence-electron chi connectivity index (χ0n) is 15.5. The van der Waals surface area contributed by atoms with Crippen LogP contribution in [0.3, 0.4) is 0 Å². The molecule has 1 aliphatic rings. The topological polar surface area (TPSA) is 18.5 Å². The van der Waals surface area contributed by atoms with Crippen molar-refractivity contribution in [2.75, 3.05) is 0 Å². The van der Waals surface area contributed by atoms with E-state index < -0.39 is 0 Å². The van der Waals surface area contributed by atoms with Crippen LogP contribution in [0, 0.1) is 0 Å². The summed E-state index contributed by atoms with van der Waals surface area (Å²) in [5, 5.41) is 5.26. The van der Waals surface area contributed by atoms with E-state index in [-0.39, 0.29) is 18.3 Å². The van der Waals surface area contributed by atoms with Crippen molar-refractivity contribution in [3.8, 4) is 0 Å². The molecule has 0 N–H and O–H groups in total. The van der Waals surface area contributed by atoms with Crippen molar-refractivity contribution in [3.05, 3.63) is 54.6 Å². The molecule has 0 bridgehead atoms. The molecule has 130 valence electrons. The highest BCUT2D eigenvalue weighted by atomic mass is 32.1. The lowest BCUT2D eigenvalue weighted by Crippen LogP contribution is -2.41. The minimum absolute atomic E-state index is 0.314. The average Bonchev–Trinajstić information content (AvgIpc) is 3.08. The zero-order chi connectivity index (χ0) is 18.1. The van der Waals surface area contributed by atoms with Gasteiger partial charge in [0, 0.05) is 20.2 Å². The van der Waals surface area contributed by atoms with E-state index in [0.29, 0.717) is 0 Å². The van der Waals surface area contributed by atoms with Gasteiger partial charge in [0.25, 0.3) is 0 Å². The molecule has 4 heteroatoms. The smallest absolute Gasteiger partial charge is 0.399 e. The second-order valence-electron chi connectivity index (χ2n) is 8.11. The van der Waals surface area contributed by atoms with E-state index >= 15 is 0 Å². The van der Waals surface area contributed by atoms with Gasteiger partial charge in [0.2, 0.25) is 0 Å². The van der Waals surface area contributed by atoms with Crippen molar-refractivity contribution in [1.29, 1.82) is 0 Å². The molecule has 1 aromatic heterocycles. The first kappa shape index (κ1) is 16.3. The summed E-state index contributed by atoms with van der Waals surface area (Å²) in [4.78, 5) is 0. The van der Waals surface area contributed by atoms with Crippen molar-refractivity contribution in [3.63, 3.8) is 0 Å². The van der Waals surface area contributed by atoms with Crippen LogP contribution in [0.15, 0.2) is 54.6 Å². The Morgan fingerprint density at radius 3 is 2.27 bits per heavy atom. The Morgan fingerprint density at radius 1 is 0.769 bits per heavy atom. The van der Waals surface area contributed by atoms with Gasteiger partial charge < -0.3 is 9.31 Å². The van der Waals surface area contributed by atoms with Crippen LogP contribution < -0.4 is 5.46 Å². The largest absolute Gasteiger partial charge is 0.494 e. The predicted molar refractivity (Wildman–Crippen MR) is 113 cm³/mol. The maximum absolute atomic E-state index is 6.23. The van der Waals surface area contributed by atoms with Gasteiger partial charge in [-0.3, -0.25) is 0 Å². The normalized spacial score (nSPS) is 19.0. The monoisotopic (exact) mass is 360 g/mol. The van der Waals surface area contributed by atoms with Crippen LogP contribution in [-0.4, -0.2) is 18.3 Å². The van der Waals surface area contributed by atoms with Crippen molar-refractivity contribution >= 4 is 54.9 Å². The van der Waals surface area contributed by atoms with Gasteiger partial charge in [-0.2, -0.15) is 0 Å². The molecule has 2 nitrogen and oxygen atoms in total. The van der Waals surface area contributed by atoms with Crippen LogP contribution in [0.2, 0.25) is 0 Å². The third-order valence-electron chi connectivity index (χ3n) is 5.91. The minimum atomic E-state index is -0.316. The van der Waals surface area contributed by atoms with Crippen molar-refractivity contribution in [2.45, 2.75) is 38.9 Å². The molecule has 4 aromatic rings. The molecular weight excluding hydrogens is 339 g/mol.